The second kappa shape index (κ2) is 14.0. The summed E-state index contributed by atoms with van der Waals surface area (Å²) in [6.07, 6.45) is 15.4. The molecule has 39 heavy (non-hydrogen) atoms. The van der Waals surface area contributed by atoms with Crippen LogP contribution in [0, 0.1) is 0 Å². The molecule has 1 aliphatic carbocycles. The Morgan fingerprint density at radius 2 is 2.05 bits per heavy atom. The van der Waals surface area contributed by atoms with Crippen molar-refractivity contribution in [1.29, 1.82) is 0 Å². The lowest BCUT2D eigenvalue weighted by molar-refractivity contribution is -0.139. The number of nitrogens with one attached hydrogen (secondary N) is 1. The highest BCUT2D eigenvalue weighted by Crippen LogP contribution is 2.25. The van der Waals surface area contributed by atoms with E-state index in [0.29, 0.717) is 17.8 Å². The van der Waals surface area contributed by atoms with E-state index in [1.807, 2.05) is 57.2 Å². The minimum Gasteiger partial charge on any atom is -0.489 e. The van der Waals surface area contributed by atoms with Gasteiger partial charge in [0, 0.05) is 5.39 Å². The molecular weight excluding hydrogens is 497 g/mol. The molecule has 0 radical (unpaired) electrons. The van der Waals surface area contributed by atoms with Crippen LogP contribution in [-0.4, -0.2) is 29.6 Å². The van der Waals surface area contributed by atoms with Crippen LogP contribution in [0.4, 0.5) is 4.39 Å². The van der Waals surface area contributed by atoms with Crippen LogP contribution < -0.4 is 5.32 Å². The van der Waals surface area contributed by atoms with Crippen molar-refractivity contribution in [2.75, 3.05) is 6.61 Å². The van der Waals surface area contributed by atoms with Gasteiger partial charge in [0.1, 0.15) is 29.8 Å². The van der Waals surface area contributed by atoms with Crippen molar-refractivity contribution in [2.45, 2.75) is 46.1 Å². The molecule has 0 fully saturated rings. The Hall–Kier alpha value is -4.39. The summed E-state index contributed by atoms with van der Waals surface area (Å²) in [6, 6.07) is 6.15. The lowest BCUT2D eigenvalue weighted by atomic mass is 10.0. The molecule has 0 saturated heterocycles. The van der Waals surface area contributed by atoms with E-state index in [1.54, 1.807) is 30.4 Å². The molecule has 204 valence electrons. The highest BCUT2D eigenvalue weighted by molar-refractivity contribution is 5.98. The minimum atomic E-state index is -1.14. The highest BCUT2D eigenvalue weighted by Gasteiger charge is 2.24. The van der Waals surface area contributed by atoms with E-state index in [2.05, 4.69) is 11.9 Å². The number of carboxylic acids is 1. The van der Waals surface area contributed by atoms with Crippen molar-refractivity contribution >= 4 is 28.4 Å². The van der Waals surface area contributed by atoms with Crippen LogP contribution in [0.5, 0.6) is 0 Å². The third-order valence-electron chi connectivity index (χ3n) is 6.20. The minimum absolute atomic E-state index is 0.0539. The first kappa shape index (κ1) is 29.2. The summed E-state index contributed by atoms with van der Waals surface area (Å²) in [7, 11) is 0. The maximum absolute atomic E-state index is 13.0. The van der Waals surface area contributed by atoms with Gasteiger partial charge in [-0.2, -0.15) is 0 Å². The summed E-state index contributed by atoms with van der Waals surface area (Å²) < 4.78 is 24.6. The standard InChI is InChI=1S/C32H34FNO5/c1-5-8-24(12-11-22(4)33)20-38-27-10-7-9-23(13-16-27)17-28(32(36)37)34-31(35)30-19-26-15-14-25(21(3)6-2)18-29(26)39-30/h6-8,10-16,18-19,28H,4-5,9,17,20H2,1-3H3,(H,34,35)(H,36,37)/b12-11-,21-6+,24-8+. The number of hydrogen-bond acceptors (Lipinski definition) is 4. The lowest BCUT2D eigenvalue weighted by Gasteiger charge is -2.15. The molecule has 1 amide bonds. The molecule has 0 aliphatic heterocycles. The molecule has 3 rings (SSSR count). The smallest absolute Gasteiger partial charge is 0.326 e. The van der Waals surface area contributed by atoms with Gasteiger partial charge in [-0.1, -0.05) is 61.6 Å². The van der Waals surface area contributed by atoms with E-state index in [9.17, 15) is 19.1 Å². The van der Waals surface area contributed by atoms with Crippen LogP contribution in [0.25, 0.3) is 16.5 Å². The van der Waals surface area contributed by atoms with Crippen molar-refractivity contribution < 1.29 is 28.2 Å². The van der Waals surface area contributed by atoms with Gasteiger partial charge >= 0.3 is 5.97 Å². The number of carbonyl (C=O) groups excluding carboxylic acids is 1. The van der Waals surface area contributed by atoms with Gasteiger partial charge in [-0.3, -0.25) is 4.79 Å². The first-order chi connectivity index (χ1) is 18.7. The average molecular weight is 532 g/mol. The molecule has 6 nitrogen and oxygen atoms in total. The molecule has 1 aromatic carbocycles. The molecule has 1 unspecified atom stereocenters. The van der Waals surface area contributed by atoms with Gasteiger partial charge in [-0.25, -0.2) is 9.18 Å². The summed E-state index contributed by atoms with van der Waals surface area (Å²) >= 11 is 0. The van der Waals surface area contributed by atoms with Gasteiger partial charge < -0.3 is 19.6 Å². The van der Waals surface area contributed by atoms with Gasteiger partial charge in [0.05, 0.1) is 0 Å². The molecule has 0 bridgehead atoms. The summed E-state index contributed by atoms with van der Waals surface area (Å²) in [4.78, 5) is 24.9. The summed E-state index contributed by atoms with van der Waals surface area (Å²) in [6.45, 7) is 9.38. The number of carbonyl (C=O) groups is 2. The van der Waals surface area contributed by atoms with E-state index in [1.165, 1.54) is 6.08 Å². The van der Waals surface area contributed by atoms with E-state index < -0.39 is 23.7 Å². The van der Waals surface area contributed by atoms with Gasteiger partial charge in [0.2, 0.25) is 0 Å². The SMILES string of the molecule is C=C(F)/C=C\C(=C/CC)COC1=CC=C(CC(NC(=O)c2cc3ccc(/C(C)=C/C)cc3o2)C(=O)O)CC=C1. The molecular formula is C32H34FNO5. The Balaban J connectivity index is 1.67. The van der Waals surface area contributed by atoms with Crippen molar-refractivity contribution in [3.8, 4) is 0 Å². The quantitative estimate of drug-likeness (QED) is 0.276. The Labute approximate surface area is 228 Å². The number of carboxylic acid groups (broad SMARTS) is 1. The zero-order valence-corrected chi connectivity index (χ0v) is 22.5. The number of aliphatic carboxylic acids is 1. The number of hydrogen-bond donors (Lipinski definition) is 2. The van der Waals surface area contributed by atoms with Crippen molar-refractivity contribution in [1.82, 2.24) is 5.32 Å². The molecule has 1 aliphatic rings. The Kier molecular flexibility index (Phi) is 10.4. The Morgan fingerprint density at radius 3 is 2.74 bits per heavy atom. The van der Waals surface area contributed by atoms with Gasteiger partial charge in [0.25, 0.3) is 5.91 Å². The predicted octanol–water partition coefficient (Wildman–Crippen LogP) is 7.59. The number of allylic oxidation sites excluding steroid dienone is 9. The van der Waals surface area contributed by atoms with Crippen molar-refractivity contribution in [3.05, 3.63) is 114 Å². The zero-order valence-electron chi connectivity index (χ0n) is 22.5. The van der Waals surface area contributed by atoms with Crippen molar-refractivity contribution in [2.24, 2.45) is 0 Å². The van der Waals surface area contributed by atoms with Crippen LogP contribution in [0.1, 0.15) is 56.2 Å². The zero-order chi connectivity index (χ0) is 28.4. The van der Waals surface area contributed by atoms with E-state index >= 15 is 0 Å². The monoisotopic (exact) mass is 531 g/mol. The second-order valence-electron chi connectivity index (χ2n) is 9.16. The van der Waals surface area contributed by atoms with Gasteiger partial charge in [0.15, 0.2) is 5.76 Å². The molecule has 0 spiro atoms. The first-order valence-electron chi connectivity index (χ1n) is 12.8. The molecule has 0 saturated carbocycles. The summed E-state index contributed by atoms with van der Waals surface area (Å²) in [5, 5.41) is 13.1. The van der Waals surface area contributed by atoms with Gasteiger partial charge in [-0.05, 0) is 80.2 Å². The fraction of sp³-hybridized carbons (Fsp3) is 0.250. The topological polar surface area (TPSA) is 88.8 Å². The maximum Gasteiger partial charge on any atom is 0.326 e. The summed E-state index contributed by atoms with van der Waals surface area (Å²) in [5.74, 6) is -1.63. The number of furan rings is 1. The Morgan fingerprint density at radius 1 is 1.26 bits per heavy atom. The fourth-order valence-electron chi connectivity index (χ4n) is 3.95. The molecule has 1 aromatic heterocycles. The Bertz CT molecular complexity index is 1420. The fourth-order valence-corrected chi connectivity index (χ4v) is 3.95. The van der Waals surface area contributed by atoms with E-state index in [0.717, 1.165) is 34.1 Å². The van der Waals surface area contributed by atoms with Gasteiger partial charge in [-0.15, -0.1) is 0 Å². The van der Waals surface area contributed by atoms with E-state index in [4.69, 9.17) is 9.15 Å². The average Bonchev–Trinajstić information content (AvgIpc) is 3.22. The normalized spacial score (nSPS) is 15.1. The molecule has 2 N–H and O–H groups in total. The predicted molar refractivity (Wildman–Crippen MR) is 153 cm³/mol. The number of benzene rings is 1. The van der Waals surface area contributed by atoms with Crippen LogP contribution in [0.15, 0.2) is 107 Å². The number of halogens is 1. The maximum atomic E-state index is 13.0. The summed E-state index contributed by atoms with van der Waals surface area (Å²) in [5.41, 5.74) is 4.25. The number of rotatable bonds is 12. The number of ether oxygens (including phenoxy) is 1. The third kappa shape index (κ3) is 8.57. The molecule has 1 heterocycles. The second-order valence-corrected chi connectivity index (χ2v) is 9.16. The molecule has 7 heteroatoms. The number of fused-ring (bicyclic) bond motifs is 1. The van der Waals surface area contributed by atoms with Crippen LogP contribution in [-0.2, 0) is 9.53 Å². The van der Waals surface area contributed by atoms with Crippen LogP contribution >= 0.6 is 0 Å². The van der Waals surface area contributed by atoms with Crippen LogP contribution in [0.3, 0.4) is 0 Å². The molecule has 2 aromatic rings. The highest BCUT2D eigenvalue weighted by atomic mass is 19.1. The third-order valence-corrected chi connectivity index (χ3v) is 6.20. The van der Waals surface area contributed by atoms with Crippen LogP contribution in [0.2, 0.25) is 0 Å². The largest absolute Gasteiger partial charge is 0.489 e. The van der Waals surface area contributed by atoms with E-state index in [-0.39, 0.29) is 18.8 Å². The first-order valence-corrected chi connectivity index (χ1v) is 12.8. The molecule has 1 atom stereocenters. The number of amides is 1. The lowest BCUT2D eigenvalue weighted by Crippen LogP contribution is -2.40. The van der Waals surface area contributed by atoms with Crippen molar-refractivity contribution in [3.63, 3.8) is 0 Å².